The topological polar surface area (TPSA) is 3.24 Å². The minimum atomic E-state index is 1.06. The van der Waals surface area contributed by atoms with E-state index in [0.717, 1.165) is 17.8 Å². The van der Waals surface area contributed by atoms with Crippen molar-refractivity contribution >= 4 is 0 Å². The van der Waals surface area contributed by atoms with Crippen LogP contribution in [0.1, 0.15) is 26.7 Å². The first kappa shape index (κ1) is 7.60. The third kappa shape index (κ3) is 1.31. The van der Waals surface area contributed by atoms with Gasteiger partial charge in [-0.3, -0.25) is 0 Å². The lowest BCUT2D eigenvalue weighted by Crippen LogP contribution is -2.25. The maximum Gasteiger partial charge on any atom is 0.00157 e. The van der Waals surface area contributed by atoms with Gasteiger partial charge < -0.3 is 4.90 Å². The maximum atomic E-state index is 2.65. The lowest BCUT2D eigenvalue weighted by atomic mass is 10.2. The molecular weight excluding hydrogens is 134 g/mol. The molecule has 64 valence electrons. The second-order valence-electron chi connectivity index (χ2n) is 4.30. The quantitative estimate of drug-likeness (QED) is 0.599. The van der Waals surface area contributed by atoms with E-state index < -0.39 is 0 Å². The zero-order chi connectivity index (χ0) is 7.84. The van der Waals surface area contributed by atoms with Crippen molar-refractivity contribution in [3.05, 3.63) is 0 Å². The molecule has 2 fully saturated rings. The molecule has 0 aromatic carbocycles. The van der Waals surface area contributed by atoms with Crippen molar-refractivity contribution in [2.24, 2.45) is 17.8 Å². The second kappa shape index (κ2) is 2.78. The second-order valence-corrected chi connectivity index (χ2v) is 4.30. The Morgan fingerprint density at radius 2 is 1.91 bits per heavy atom. The summed E-state index contributed by atoms with van der Waals surface area (Å²) < 4.78 is 0. The first-order valence-corrected chi connectivity index (χ1v) is 5.05. The number of hydrogen-bond acceptors (Lipinski definition) is 1. The van der Waals surface area contributed by atoms with E-state index in [4.69, 9.17) is 0 Å². The Balaban J connectivity index is 1.69. The molecule has 0 amide bonds. The highest BCUT2D eigenvalue weighted by molar-refractivity contribution is 5.02. The normalized spacial score (nSPS) is 42.5. The molecule has 0 N–H and O–H groups in total. The maximum absolute atomic E-state index is 2.65. The molecule has 0 bridgehead atoms. The fourth-order valence-corrected chi connectivity index (χ4v) is 2.48. The van der Waals surface area contributed by atoms with Crippen molar-refractivity contribution in [2.75, 3.05) is 19.6 Å². The van der Waals surface area contributed by atoms with Gasteiger partial charge in [0.25, 0.3) is 0 Å². The molecule has 0 spiro atoms. The first-order chi connectivity index (χ1) is 5.33. The van der Waals surface area contributed by atoms with Crippen LogP contribution in [0, 0.1) is 17.8 Å². The highest BCUT2D eigenvalue weighted by Gasteiger charge is 2.52. The molecule has 0 aromatic heterocycles. The van der Waals surface area contributed by atoms with Crippen molar-refractivity contribution in [1.29, 1.82) is 0 Å². The van der Waals surface area contributed by atoms with Crippen LogP contribution in [0.15, 0.2) is 0 Å². The van der Waals surface area contributed by atoms with Crippen LogP contribution in [-0.2, 0) is 0 Å². The largest absolute Gasteiger partial charge is 0.303 e. The van der Waals surface area contributed by atoms with Gasteiger partial charge >= 0.3 is 0 Å². The predicted molar refractivity (Wildman–Crippen MR) is 47.5 cm³/mol. The van der Waals surface area contributed by atoms with Crippen LogP contribution < -0.4 is 0 Å². The lowest BCUT2D eigenvalue weighted by Gasteiger charge is -2.17. The van der Waals surface area contributed by atoms with Crippen molar-refractivity contribution in [1.82, 2.24) is 4.90 Å². The smallest absolute Gasteiger partial charge is 0.00157 e. The molecule has 1 aliphatic heterocycles. The molecule has 1 saturated heterocycles. The van der Waals surface area contributed by atoms with Gasteiger partial charge in [0.05, 0.1) is 0 Å². The zero-order valence-electron chi connectivity index (χ0n) is 7.71. The minimum Gasteiger partial charge on any atom is -0.303 e. The molecule has 1 nitrogen and oxygen atoms in total. The summed E-state index contributed by atoms with van der Waals surface area (Å²) in [6.07, 6.45) is 2.75. The lowest BCUT2D eigenvalue weighted by molar-refractivity contribution is 0.285. The molecule has 1 heterocycles. The highest BCUT2D eigenvalue weighted by Crippen LogP contribution is 2.51. The van der Waals surface area contributed by atoms with E-state index in [2.05, 4.69) is 18.7 Å². The average molecular weight is 153 g/mol. The van der Waals surface area contributed by atoms with Crippen LogP contribution in [0.2, 0.25) is 0 Å². The summed E-state index contributed by atoms with van der Waals surface area (Å²) >= 11 is 0. The van der Waals surface area contributed by atoms with Gasteiger partial charge in [0.1, 0.15) is 0 Å². The van der Waals surface area contributed by atoms with Crippen LogP contribution in [0.3, 0.4) is 0 Å². The Morgan fingerprint density at radius 3 is 2.45 bits per heavy atom. The van der Waals surface area contributed by atoms with Crippen LogP contribution in [0.25, 0.3) is 0 Å². The summed E-state index contributed by atoms with van der Waals surface area (Å²) in [7, 11) is 0. The fourth-order valence-electron chi connectivity index (χ4n) is 2.48. The van der Waals surface area contributed by atoms with Crippen LogP contribution in [0.5, 0.6) is 0 Å². The van der Waals surface area contributed by atoms with Gasteiger partial charge in [-0.25, -0.2) is 0 Å². The van der Waals surface area contributed by atoms with Gasteiger partial charge in [-0.2, -0.15) is 0 Å². The van der Waals surface area contributed by atoms with Gasteiger partial charge in [0, 0.05) is 13.1 Å². The van der Waals surface area contributed by atoms with E-state index in [-0.39, 0.29) is 0 Å². The molecular formula is C10H19N. The summed E-state index contributed by atoms with van der Waals surface area (Å²) in [4.78, 5) is 2.65. The summed E-state index contributed by atoms with van der Waals surface area (Å²) in [6.45, 7) is 8.86. The van der Waals surface area contributed by atoms with E-state index in [1.54, 1.807) is 0 Å². The van der Waals surface area contributed by atoms with Crippen molar-refractivity contribution < 1.29 is 0 Å². The number of rotatable bonds is 3. The number of nitrogens with zero attached hydrogens (tertiary/aromatic N) is 1. The number of fused-ring (bicyclic) bond motifs is 1. The van der Waals surface area contributed by atoms with Gasteiger partial charge in [-0.15, -0.1) is 0 Å². The number of hydrogen-bond donors (Lipinski definition) is 0. The Bertz CT molecular complexity index is 132. The highest BCUT2D eigenvalue weighted by atomic mass is 15.2. The first-order valence-electron chi connectivity index (χ1n) is 5.05. The SMILES string of the molecule is CCCCN1CC2C(C)C2C1. The summed E-state index contributed by atoms with van der Waals surface area (Å²) in [5.74, 6) is 3.24. The fraction of sp³-hybridized carbons (Fsp3) is 1.00. The van der Waals surface area contributed by atoms with Crippen molar-refractivity contribution in [3.8, 4) is 0 Å². The van der Waals surface area contributed by atoms with E-state index in [1.165, 1.54) is 32.5 Å². The number of piperidine rings is 1. The van der Waals surface area contributed by atoms with Crippen LogP contribution in [0.4, 0.5) is 0 Å². The molecule has 1 aliphatic carbocycles. The van der Waals surface area contributed by atoms with Crippen LogP contribution >= 0.6 is 0 Å². The number of unbranched alkanes of at least 4 members (excludes halogenated alkanes) is 1. The zero-order valence-corrected chi connectivity index (χ0v) is 7.71. The van der Waals surface area contributed by atoms with E-state index in [9.17, 15) is 0 Å². The molecule has 11 heavy (non-hydrogen) atoms. The molecule has 1 saturated carbocycles. The monoisotopic (exact) mass is 153 g/mol. The van der Waals surface area contributed by atoms with E-state index >= 15 is 0 Å². The third-order valence-corrected chi connectivity index (χ3v) is 3.53. The Labute approximate surface area is 69.8 Å². The third-order valence-electron chi connectivity index (χ3n) is 3.53. The van der Waals surface area contributed by atoms with Crippen molar-refractivity contribution in [2.45, 2.75) is 26.7 Å². The van der Waals surface area contributed by atoms with Gasteiger partial charge in [-0.05, 0) is 30.7 Å². The summed E-state index contributed by atoms with van der Waals surface area (Å²) in [5, 5.41) is 0. The molecule has 2 aliphatic rings. The molecule has 1 heteroatoms. The van der Waals surface area contributed by atoms with Gasteiger partial charge in [0.2, 0.25) is 0 Å². The van der Waals surface area contributed by atoms with E-state index in [0.29, 0.717) is 0 Å². The molecule has 2 rings (SSSR count). The van der Waals surface area contributed by atoms with Crippen LogP contribution in [-0.4, -0.2) is 24.5 Å². The number of likely N-dealkylation sites (tertiary alicyclic amines) is 1. The molecule has 0 radical (unpaired) electrons. The summed E-state index contributed by atoms with van der Waals surface area (Å²) in [5.41, 5.74) is 0. The standard InChI is InChI=1S/C10H19N/c1-3-4-5-11-6-9-8(2)10(9)7-11/h8-10H,3-7H2,1-2H3. The van der Waals surface area contributed by atoms with E-state index in [1.807, 2.05) is 0 Å². The molecule has 2 atom stereocenters. The van der Waals surface area contributed by atoms with Crippen molar-refractivity contribution in [3.63, 3.8) is 0 Å². The predicted octanol–water partition coefficient (Wildman–Crippen LogP) is 1.98. The van der Waals surface area contributed by atoms with Gasteiger partial charge in [-0.1, -0.05) is 20.3 Å². The molecule has 2 unspecified atom stereocenters. The Hall–Kier alpha value is -0.0400. The molecule has 0 aromatic rings. The minimum absolute atomic E-state index is 1.06. The Morgan fingerprint density at radius 1 is 1.27 bits per heavy atom. The summed E-state index contributed by atoms with van der Waals surface area (Å²) in [6, 6.07) is 0. The van der Waals surface area contributed by atoms with Gasteiger partial charge in [0.15, 0.2) is 0 Å². The average Bonchev–Trinajstić information content (AvgIpc) is 2.54. The Kier molecular flexibility index (Phi) is 1.92.